The molecule has 0 spiro atoms. The fourth-order valence-electron chi connectivity index (χ4n) is 2.56. The number of nitro benzene ring substituents is 1. The first kappa shape index (κ1) is 24.8. The SMILES string of the molecule is CNS(=O)(=O)c1ccc([N+](=O)[O-])cc1C[C@H](N)c1ccc(F)c(C(F)(F)F)c1.Cl. The fraction of sp³-hybridized carbons (Fsp3) is 0.250. The zero-order valence-electron chi connectivity index (χ0n) is 14.7. The summed E-state index contributed by atoms with van der Waals surface area (Å²) in [4.78, 5) is 9.93. The van der Waals surface area contributed by atoms with Crippen LogP contribution in [-0.4, -0.2) is 20.4 Å². The molecule has 0 unspecified atom stereocenters. The lowest BCUT2D eigenvalue weighted by molar-refractivity contribution is -0.385. The summed E-state index contributed by atoms with van der Waals surface area (Å²) in [7, 11) is -2.87. The molecule has 0 saturated carbocycles. The van der Waals surface area contributed by atoms with Crippen molar-refractivity contribution in [3.05, 3.63) is 69.0 Å². The monoisotopic (exact) mass is 457 g/mol. The third-order valence-corrected chi connectivity index (χ3v) is 5.49. The van der Waals surface area contributed by atoms with Gasteiger partial charge in [0, 0.05) is 18.2 Å². The maximum atomic E-state index is 13.4. The van der Waals surface area contributed by atoms with E-state index in [2.05, 4.69) is 4.72 Å². The first-order valence-corrected chi connectivity index (χ1v) is 9.18. The molecule has 2 aromatic rings. The molecule has 0 bridgehead atoms. The van der Waals surface area contributed by atoms with Crippen LogP contribution in [0.4, 0.5) is 23.2 Å². The summed E-state index contributed by atoms with van der Waals surface area (Å²) in [6, 6.07) is 3.99. The topological polar surface area (TPSA) is 115 Å². The zero-order chi connectivity index (χ0) is 21.3. The van der Waals surface area contributed by atoms with Crippen LogP contribution in [-0.2, 0) is 22.6 Å². The normalized spacial score (nSPS) is 12.9. The highest BCUT2D eigenvalue weighted by Crippen LogP contribution is 2.34. The lowest BCUT2D eigenvalue weighted by atomic mass is 9.97. The Kier molecular flexibility index (Phi) is 7.71. The van der Waals surface area contributed by atoms with Crippen LogP contribution < -0.4 is 10.5 Å². The number of nitro groups is 1. The van der Waals surface area contributed by atoms with Gasteiger partial charge in [-0.1, -0.05) is 6.07 Å². The van der Waals surface area contributed by atoms with Gasteiger partial charge < -0.3 is 5.73 Å². The van der Waals surface area contributed by atoms with Crippen LogP contribution in [0.3, 0.4) is 0 Å². The third kappa shape index (κ3) is 5.63. The number of nitrogens with one attached hydrogen (secondary N) is 1. The first-order valence-electron chi connectivity index (χ1n) is 7.70. The maximum absolute atomic E-state index is 13.4. The van der Waals surface area contributed by atoms with Crippen LogP contribution in [0.2, 0.25) is 0 Å². The first-order chi connectivity index (χ1) is 12.9. The van der Waals surface area contributed by atoms with Gasteiger partial charge in [-0.05, 0) is 42.8 Å². The van der Waals surface area contributed by atoms with Crippen molar-refractivity contribution in [2.24, 2.45) is 5.73 Å². The van der Waals surface area contributed by atoms with Crippen molar-refractivity contribution in [2.75, 3.05) is 7.05 Å². The second kappa shape index (κ2) is 9.03. The number of sulfonamides is 1. The van der Waals surface area contributed by atoms with E-state index in [0.717, 1.165) is 31.3 Å². The molecule has 0 heterocycles. The molecule has 2 aromatic carbocycles. The van der Waals surface area contributed by atoms with E-state index in [-0.39, 0.29) is 34.9 Å². The molecular weight excluding hydrogens is 442 g/mol. The van der Waals surface area contributed by atoms with Crippen LogP contribution in [0.25, 0.3) is 0 Å². The Morgan fingerprint density at radius 1 is 1.21 bits per heavy atom. The predicted octanol–water partition coefficient (Wildman–Crippen LogP) is 3.33. The van der Waals surface area contributed by atoms with Crippen LogP contribution in [0.1, 0.15) is 22.7 Å². The second-order valence-electron chi connectivity index (χ2n) is 5.80. The van der Waals surface area contributed by atoms with Gasteiger partial charge in [0.05, 0.1) is 15.4 Å². The van der Waals surface area contributed by atoms with Crippen LogP contribution in [0.15, 0.2) is 41.3 Å². The van der Waals surface area contributed by atoms with Gasteiger partial charge in [-0.2, -0.15) is 13.2 Å². The highest BCUT2D eigenvalue weighted by Gasteiger charge is 2.34. The molecule has 0 aromatic heterocycles. The number of alkyl halides is 3. The third-order valence-electron chi connectivity index (χ3n) is 3.98. The molecule has 7 nitrogen and oxygen atoms in total. The molecule has 0 aliphatic carbocycles. The number of nitrogens with zero attached hydrogens (tertiary/aromatic N) is 1. The summed E-state index contributed by atoms with van der Waals surface area (Å²) < 4.78 is 78.4. The summed E-state index contributed by atoms with van der Waals surface area (Å²) >= 11 is 0. The van der Waals surface area contributed by atoms with E-state index in [1.165, 1.54) is 0 Å². The standard InChI is InChI=1S/C16H15F4N3O4S.ClH/c1-22-28(26,27)15-5-3-11(23(24)25)6-10(15)8-14(21)9-2-4-13(17)12(7-9)16(18,19)20;/h2-7,14,22H,8,21H2,1H3;1H/t14-;/m0./s1. The highest BCUT2D eigenvalue weighted by atomic mass is 35.5. The summed E-state index contributed by atoms with van der Waals surface area (Å²) in [5, 5.41) is 11.0. The lowest BCUT2D eigenvalue weighted by Crippen LogP contribution is -2.22. The molecule has 0 aliphatic rings. The molecule has 0 fully saturated rings. The maximum Gasteiger partial charge on any atom is 0.419 e. The van der Waals surface area contributed by atoms with E-state index in [9.17, 15) is 36.1 Å². The van der Waals surface area contributed by atoms with E-state index < -0.39 is 44.2 Å². The average molecular weight is 458 g/mol. The molecule has 0 saturated heterocycles. The Bertz CT molecular complexity index is 1020. The Morgan fingerprint density at radius 3 is 2.34 bits per heavy atom. The Hall–Kier alpha value is -2.28. The minimum atomic E-state index is -4.94. The summed E-state index contributed by atoms with van der Waals surface area (Å²) in [5.74, 6) is -1.47. The van der Waals surface area contributed by atoms with Gasteiger partial charge in [0.15, 0.2) is 0 Å². The van der Waals surface area contributed by atoms with Crippen molar-refractivity contribution in [1.29, 1.82) is 0 Å². The summed E-state index contributed by atoms with van der Waals surface area (Å²) in [6.07, 6.45) is -5.27. The number of rotatable bonds is 6. The van der Waals surface area contributed by atoms with E-state index >= 15 is 0 Å². The number of non-ortho nitro benzene ring substituents is 1. The highest BCUT2D eigenvalue weighted by molar-refractivity contribution is 7.89. The van der Waals surface area contributed by atoms with Crippen LogP contribution >= 0.6 is 12.4 Å². The minimum Gasteiger partial charge on any atom is -0.324 e. The van der Waals surface area contributed by atoms with E-state index in [0.29, 0.717) is 12.1 Å². The summed E-state index contributed by atoms with van der Waals surface area (Å²) in [6.45, 7) is 0. The quantitative estimate of drug-likeness (QED) is 0.392. The smallest absolute Gasteiger partial charge is 0.324 e. The van der Waals surface area contributed by atoms with Crippen LogP contribution in [0.5, 0.6) is 0 Å². The fourth-order valence-corrected chi connectivity index (χ4v) is 3.51. The van der Waals surface area contributed by atoms with Gasteiger partial charge in [-0.25, -0.2) is 17.5 Å². The van der Waals surface area contributed by atoms with Gasteiger partial charge in [-0.3, -0.25) is 10.1 Å². The van der Waals surface area contributed by atoms with E-state index in [1.807, 2.05) is 0 Å². The minimum absolute atomic E-state index is 0. The zero-order valence-corrected chi connectivity index (χ0v) is 16.4. The van der Waals surface area contributed by atoms with Gasteiger partial charge in [0.2, 0.25) is 10.0 Å². The molecule has 2 rings (SSSR count). The Labute approximate surface area is 169 Å². The molecule has 3 N–H and O–H groups in total. The molecule has 0 aliphatic heterocycles. The van der Waals surface area contributed by atoms with Gasteiger partial charge >= 0.3 is 6.18 Å². The second-order valence-corrected chi connectivity index (χ2v) is 7.66. The Morgan fingerprint density at radius 2 is 1.83 bits per heavy atom. The van der Waals surface area contributed by atoms with Crippen molar-refractivity contribution in [1.82, 2.24) is 4.72 Å². The molecular formula is C16H16ClF4N3O4S. The van der Waals surface area contributed by atoms with E-state index in [1.54, 1.807) is 0 Å². The number of nitrogens with two attached hydrogens (primary N) is 1. The van der Waals surface area contributed by atoms with Crippen molar-refractivity contribution in [3.63, 3.8) is 0 Å². The van der Waals surface area contributed by atoms with Crippen molar-refractivity contribution >= 4 is 28.1 Å². The number of benzene rings is 2. The van der Waals surface area contributed by atoms with Crippen LogP contribution in [0, 0.1) is 15.9 Å². The Balaban J connectivity index is 0.00000420. The van der Waals surface area contributed by atoms with Gasteiger partial charge in [0.1, 0.15) is 5.82 Å². The molecule has 29 heavy (non-hydrogen) atoms. The predicted molar refractivity (Wildman–Crippen MR) is 98.6 cm³/mol. The summed E-state index contributed by atoms with van der Waals surface area (Å²) in [5.41, 5.74) is 3.81. The largest absolute Gasteiger partial charge is 0.419 e. The number of halogens is 5. The van der Waals surface area contributed by atoms with Crippen molar-refractivity contribution in [2.45, 2.75) is 23.5 Å². The molecule has 13 heteroatoms. The van der Waals surface area contributed by atoms with Crippen molar-refractivity contribution < 1.29 is 30.9 Å². The molecule has 0 amide bonds. The van der Waals surface area contributed by atoms with Crippen molar-refractivity contribution in [3.8, 4) is 0 Å². The molecule has 160 valence electrons. The van der Waals surface area contributed by atoms with Gasteiger partial charge in [-0.15, -0.1) is 12.4 Å². The molecule has 1 atom stereocenters. The number of hydrogen-bond acceptors (Lipinski definition) is 5. The molecule has 0 radical (unpaired) electrons. The van der Waals surface area contributed by atoms with E-state index in [4.69, 9.17) is 5.73 Å². The number of hydrogen-bond donors (Lipinski definition) is 2. The average Bonchev–Trinajstić information content (AvgIpc) is 2.60. The lowest BCUT2D eigenvalue weighted by Gasteiger charge is -2.17. The van der Waals surface area contributed by atoms with Gasteiger partial charge in [0.25, 0.3) is 5.69 Å².